The van der Waals surface area contributed by atoms with E-state index in [1.807, 2.05) is 20.8 Å². The Bertz CT molecular complexity index is 243. The van der Waals surface area contributed by atoms with Gasteiger partial charge in [0.1, 0.15) is 6.54 Å². The van der Waals surface area contributed by atoms with Crippen LogP contribution < -0.4 is 5.73 Å². The number of nitrogens with zero attached hydrogens (tertiary/aromatic N) is 1. The van der Waals surface area contributed by atoms with E-state index in [1.165, 1.54) is 4.90 Å². The number of amides is 1. The number of rotatable bonds is 7. The molecule has 5 heteroatoms. The summed E-state index contributed by atoms with van der Waals surface area (Å²) in [6.45, 7) is 5.93. The summed E-state index contributed by atoms with van der Waals surface area (Å²) in [5.41, 5.74) is 5.79. The first kappa shape index (κ1) is 14.9. The van der Waals surface area contributed by atoms with E-state index in [0.29, 0.717) is 6.54 Å². The van der Waals surface area contributed by atoms with Crippen LogP contribution in [0.5, 0.6) is 0 Å². The Morgan fingerprint density at radius 2 is 1.94 bits per heavy atom. The van der Waals surface area contributed by atoms with Crippen LogP contribution in [0.4, 0.5) is 0 Å². The Morgan fingerprint density at radius 3 is 2.31 bits per heavy atom. The fourth-order valence-corrected chi connectivity index (χ4v) is 1.41. The van der Waals surface area contributed by atoms with Crippen molar-refractivity contribution in [1.29, 1.82) is 0 Å². The zero-order valence-electron chi connectivity index (χ0n) is 10.3. The third-order valence-electron chi connectivity index (χ3n) is 2.67. The number of nitrogens with two attached hydrogens (primary N) is 1. The Labute approximate surface area is 96.6 Å². The van der Waals surface area contributed by atoms with Gasteiger partial charge in [0.2, 0.25) is 5.91 Å². The second-order valence-electron chi connectivity index (χ2n) is 4.06. The van der Waals surface area contributed by atoms with Crippen molar-refractivity contribution in [2.75, 3.05) is 13.1 Å². The maximum Gasteiger partial charge on any atom is 0.323 e. The van der Waals surface area contributed by atoms with E-state index < -0.39 is 12.0 Å². The minimum Gasteiger partial charge on any atom is -0.480 e. The van der Waals surface area contributed by atoms with Crippen LogP contribution in [0, 0.1) is 5.92 Å². The third kappa shape index (κ3) is 4.61. The van der Waals surface area contributed by atoms with Crippen molar-refractivity contribution in [2.24, 2.45) is 11.7 Å². The summed E-state index contributed by atoms with van der Waals surface area (Å²) in [6.07, 6.45) is 1.53. The first-order valence-electron chi connectivity index (χ1n) is 5.70. The summed E-state index contributed by atoms with van der Waals surface area (Å²) in [6, 6.07) is -0.601. The van der Waals surface area contributed by atoms with Crippen molar-refractivity contribution in [3.63, 3.8) is 0 Å². The minimum absolute atomic E-state index is 0.0700. The van der Waals surface area contributed by atoms with E-state index in [9.17, 15) is 9.59 Å². The predicted octanol–water partition coefficient (Wildman–Crippen LogP) is 0.683. The molecule has 0 rings (SSSR count). The van der Waals surface area contributed by atoms with E-state index in [4.69, 9.17) is 10.8 Å². The van der Waals surface area contributed by atoms with Crippen LogP contribution in [0.15, 0.2) is 0 Å². The van der Waals surface area contributed by atoms with Crippen molar-refractivity contribution in [3.8, 4) is 0 Å². The lowest BCUT2D eigenvalue weighted by Gasteiger charge is -2.26. The number of carbonyl (C=O) groups excluding carboxylic acids is 1. The van der Waals surface area contributed by atoms with Crippen LogP contribution in [0.2, 0.25) is 0 Å². The van der Waals surface area contributed by atoms with Gasteiger partial charge in [-0.15, -0.1) is 0 Å². The molecule has 0 aromatic heterocycles. The standard InChI is InChI=1S/C11H22N2O3/c1-4-6-13(7-9(14)15)11(16)10(12)8(3)5-2/h8,10H,4-7,12H2,1-3H3,(H,14,15). The maximum absolute atomic E-state index is 11.9. The van der Waals surface area contributed by atoms with Crippen molar-refractivity contribution in [1.82, 2.24) is 4.90 Å². The summed E-state index contributed by atoms with van der Waals surface area (Å²) in [4.78, 5) is 23.8. The van der Waals surface area contributed by atoms with Crippen LogP contribution >= 0.6 is 0 Å². The van der Waals surface area contributed by atoms with E-state index in [2.05, 4.69) is 0 Å². The van der Waals surface area contributed by atoms with Gasteiger partial charge in [-0.05, 0) is 12.3 Å². The lowest BCUT2D eigenvalue weighted by Crippen LogP contribution is -2.48. The Morgan fingerprint density at radius 1 is 1.38 bits per heavy atom. The number of hydrogen-bond donors (Lipinski definition) is 2. The molecule has 0 heterocycles. The average Bonchev–Trinajstić information content (AvgIpc) is 2.24. The zero-order valence-corrected chi connectivity index (χ0v) is 10.3. The molecule has 3 N–H and O–H groups in total. The van der Waals surface area contributed by atoms with Crippen LogP contribution in [-0.4, -0.2) is 41.0 Å². The number of carboxylic acid groups (broad SMARTS) is 1. The van der Waals surface area contributed by atoms with Crippen molar-refractivity contribution >= 4 is 11.9 Å². The predicted molar refractivity (Wildman–Crippen MR) is 61.9 cm³/mol. The molecule has 0 bridgehead atoms. The number of carboxylic acids is 1. The molecule has 0 fully saturated rings. The van der Waals surface area contributed by atoms with Crippen LogP contribution in [0.25, 0.3) is 0 Å². The van der Waals surface area contributed by atoms with Crippen molar-refractivity contribution in [2.45, 2.75) is 39.7 Å². The minimum atomic E-state index is -1.00. The van der Waals surface area contributed by atoms with Gasteiger partial charge in [0, 0.05) is 6.54 Å². The molecule has 0 spiro atoms. The Balaban J connectivity index is 4.52. The first-order chi connectivity index (χ1) is 7.43. The molecule has 0 aliphatic rings. The molecule has 2 unspecified atom stereocenters. The molecule has 16 heavy (non-hydrogen) atoms. The largest absolute Gasteiger partial charge is 0.480 e. The Kier molecular flexibility index (Phi) is 6.72. The van der Waals surface area contributed by atoms with E-state index in [0.717, 1.165) is 12.8 Å². The highest BCUT2D eigenvalue weighted by Gasteiger charge is 2.25. The Hall–Kier alpha value is -1.10. The number of carbonyl (C=O) groups is 2. The summed E-state index contributed by atoms with van der Waals surface area (Å²) in [7, 11) is 0. The van der Waals surface area contributed by atoms with Gasteiger partial charge < -0.3 is 15.7 Å². The molecule has 2 atom stereocenters. The fourth-order valence-electron chi connectivity index (χ4n) is 1.41. The molecule has 0 saturated carbocycles. The molecule has 0 aromatic rings. The highest BCUT2D eigenvalue weighted by molar-refractivity contribution is 5.85. The van der Waals surface area contributed by atoms with Crippen LogP contribution in [0.1, 0.15) is 33.6 Å². The summed E-state index contributed by atoms with van der Waals surface area (Å²) >= 11 is 0. The van der Waals surface area contributed by atoms with E-state index in [-0.39, 0.29) is 18.4 Å². The quantitative estimate of drug-likeness (QED) is 0.673. The molecule has 0 radical (unpaired) electrons. The highest BCUT2D eigenvalue weighted by atomic mass is 16.4. The molecule has 5 nitrogen and oxygen atoms in total. The van der Waals surface area contributed by atoms with Gasteiger partial charge in [0.05, 0.1) is 6.04 Å². The summed E-state index contributed by atoms with van der Waals surface area (Å²) in [5.74, 6) is -1.20. The lowest BCUT2D eigenvalue weighted by atomic mass is 9.99. The van der Waals surface area contributed by atoms with Gasteiger partial charge in [-0.25, -0.2) is 0 Å². The van der Waals surface area contributed by atoms with Crippen LogP contribution in [-0.2, 0) is 9.59 Å². The monoisotopic (exact) mass is 230 g/mol. The number of aliphatic carboxylic acids is 1. The SMILES string of the molecule is CCCN(CC(=O)O)C(=O)C(N)C(C)CC. The maximum atomic E-state index is 11.9. The molecular formula is C11H22N2O3. The highest BCUT2D eigenvalue weighted by Crippen LogP contribution is 2.08. The molecular weight excluding hydrogens is 208 g/mol. The smallest absolute Gasteiger partial charge is 0.323 e. The van der Waals surface area contributed by atoms with Crippen molar-refractivity contribution in [3.05, 3.63) is 0 Å². The molecule has 0 saturated heterocycles. The summed E-state index contributed by atoms with van der Waals surface area (Å²) in [5, 5.41) is 8.70. The van der Waals surface area contributed by atoms with E-state index in [1.54, 1.807) is 0 Å². The fraction of sp³-hybridized carbons (Fsp3) is 0.818. The molecule has 0 aliphatic carbocycles. The topological polar surface area (TPSA) is 83.6 Å². The van der Waals surface area contributed by atoms with Gasteiger partial charge >= 0.3 is 5.97 Å². The number of hydrogen-bond acceptors (Lipinski definition) is 3. The van der Waals surface area contributed by atoms with Crippen LogP contribution in [0.3, 0.4) is 0 Å². The molecule has 1 amide bonds. The second kappa shape index (κ2) is 7.22. The molecule has 0 aromatic carbocycles. The average molecular weight is 230 g/mol. The van der Waals surface area contributed by atoms with Gasteiger partial charge in [0.15, 0.2) is 0 Å². The third-order valence-corrected chi connectivity index (χ3v) is 2.67. The lowest BCUT2D eigenvalue weighted by molar-refractivity contribution is -0.145. The van der Waals surface area contributed by atoms with E-state index >= 15 is 0 Å². The van der Waals surface area contributed by atoms with Gasteiger partial charge in [0.25, 0.3) is 0 Å². The van der Waals surface area contributed by atoms with Gasteiger partial charge in [-0.1, -0.05) is 27.2 Å². The second-order valence-corrected chi connectivity index (χ2v) is 4.06. The van der Waals surface area contributed by atoms with Gasteiger partial charge in [-0.3, -0.25) is 9.59 Å². The first-order valence-corrected chi connectivity index (χ1v) is 5.70. The van der Waals surface area contributed by atoms with Gasteiger partial charge in [-0.2, -0.15) is 0 Å². The molecule has 94 valence electrons. The zero-order chi connectivity index (χ0) is 12.7. The molecule has 0 aliphatic heterocycles. The van der Waals surface area contributed by atoms with Crippen molar-refractivity contribution < 1.29 is 14.7 Å². The summed E-state index contributed by atoms with van der Waals surface area (Å²) < 4.78 is 0. The normalized spacial score (nSPS) is 14.2.